The molecule has 56 heteroatoms. The fraction of sp³-hybridized carbons (Fsp3) is 0.739. The molecule has 0 aliphatic carbocycles. The number of alkyl halides is 18. The van der Waals surface area contributed by atoms with Gasteiger partial charge >= 0.3 is 161 Å². The van der Waals surface area contributed by atoms with E-state index in [0.29, 0.717) is 75.2 Å². The molecule has 0 spiro atoms. The van der Waals surface area contributed by atoms with Crippen LogP contribution in [-0.2, 0) is 172 Å². The first-order valence-corrected chi connectivity index (χ1v) is 35.7. The highest BCUT2D eigenvalue weighted by molar-refractivity contribution is 5.88. The minimum atomic E-state index is -3.69. The van der Waals surface area contributed by atoms with Gasteiger partial charge in [-0.3, -0.25) is 14.4 Å². The van der Waals surface area contributed by atoms with E-state index in [1.54, 1.807) is 13.8 Å². The summed E-state index contributed by atoms with van der Waals surface area (Å²) in [7, 11) is 0. The van der Waals surface area contributed by atoms with Crippen molar-refractivity contribution in [1.82, 2.24) is 0 Å². The Bertz CT molecular complexity index is 3800. The molecule has 9 aliphatic rings. The average molecular weight is 1860 g/mol. The van der Waals surface area contributed by atoms with Gasteiger partial charge in [0, 0.05) is 87.0 Å². The molecule has 0 aromatic carbocycles. The van der Waals surface area contributed by atoms with E-state index < -0.39 is 246 Å². The summed E-state index contributed by atoms with van der Waals surface area (Å²) in [6, 6.07) is 0. The van der Waals surface area contributed by atoms with Crippen LogP contribution in [0, 0.1) is 5.41 Å². The van der Waals surface area contributed by atoms with E-state index in [1.165, 1.54) is 13.8 Å². The zero-order valence-corrected chi connectivity index (χ0v) is 67.6. The van der Waals surface area contributed by atoms with Gasteiger partial charge < -0.3 is 95.5 Å². The minimum absolute atomic E-state index is 0.0546. The lowest BCUT2D eigenvalue weighted by atomic mass is 9.90. The average Bonchev–Trinajstić information content (AvgIpc) is 1.66. The van der Waals surface area contributed by atoms with E-state index in [0.717, 1.165) is 0 Å². The maximum atomic E-state index is 12.5. The third-order valence-electron chi connectivity index (χ3n) is 15.4. The van der Waals surface area contributed by atoms with Gasteiger partial charge in [-0.25, -0.2) is 71.9 Å². The first-order chi connectivity index (χ1) is 56.4. The number of cyclic esters (lactones) is 9. The summed E-state index contributed by atoms with van der Waals surface area (Å²) in [5.41, 5.74) is -2.32. The molecule has 125 heavy (non-hydrogen) atoms. The predicted octanol–water partition coefficient (Wildman–Crippen LogP) is 4.64. The van der Waals surface area contributed by atoms with Crippen molar-refractivity contribution >= 4 is 107 Å². The first kappa shape index (κ1) is 112. The summed E-state index contributed by atoms with van der Waals surface area (Å²) in [6.07, 6.45) is -11.3. The number of aliphatic hydroxyl groups excluding tert-OH is 2. The zero-order chi connectivity index (χ0) is 97.3. The number of rotatable bonds is 19. The van der Waals surface area contributed by atoms with Crippen LogP contribution in [0.1, 0.15) is 141 Å². The van der Waals surface area contributed by atoms with Crippen LogP contribution in [0.3, 0.4) is 0 Å². The maximum Gasteiger partial charge on any atom is 0.377 e. The normalized spacial score (nSPS) is 24.9. The summed E-state index contributed by atoms with van der Waals surface area (Å²) in [6.45, 7) is 8.93. The van der Waals surface area contributed by atoms with E-state index in [-0.39, 0.29) is 84.8 Å². The molecule has 9 saturated heterocycles. The Hall–Kier alpha value is -10.9. The molecule has 9 heterocycles. The Kier molecular flexibility index (Phi) is 41.1. The second-order valence-electron chi connectivity index (χ2n) is 28.5. The second-order valence-corrected chi connectivity index (χ2v) is 28.5. The lowest BCUT2D eigenvalue weighted by Gasteiger charge is -2.22. The molecule has 38 nitrogen and oxygen atoms in total. The van der Waals surface area contributed by atoms with Gasteiger partial charge in [0.1, 0.15) is 63.6 Å². The Morgan fingerprint density at radius 3 is 1.18 bits per heavy atom. The van der Waals surface area contributed by atoms with Crippen molar-refractivity contribution in [2.75, 3.05) is 52.9 Å². The predicted molar refractivity (Wildman–Crippen MR) is 355 cm³/mol. The highest BCUT2D eigenvalue weighted by Crippen LogP contribution is 2.34. The van der Waals surface area contributed by atoms with Crippen molar-refractivity contribution in [3.8, 4) is 0 Å². The minimum Gasteiger partial charge on any atom is -0.463 e. The Labute approximate surface area is 692 Å². The van der Waals surface area contributed by atoms with Crippen LogP contribution in [0.4, 0.5) is 79.0 Å². The molecule has 12 unspecified atom stereocenters. The number of hydrogen-bond donors (Lipinski definition) is 2. The first-order valence-electron chi connectivity index (χ1n) is 35.7. The fourth-order valence-corrected chi connectivity index (χ4v) is 8.46. The largest absolute Gasteiger partial charge is 0.463 e. The van der Waals surface area contributed by atoms with E-state index in [4.69, 9.17) is 10.2 Å². The van der Waals surface area contributed by atoms with Gasteiger partial charge in [0.2, 0.25) is 23.9 Å². The van der Waals surface area contributed by atoms with Crippen molar-refractivity contribution in [1.29, 1.82) is 0 Å². The lowest BCUT2D eigenvalue weighted by Crippen LogP contribution is -2.41. The molecule has 0 bridgehead atoms. The van der Waals surface area contributed by atoms with Gasteiger partial charge in [-0.15, -0.1) is 0 Å². The standard InChI is InChI=1S/C9H12F2O4.4C8H10F2O4.2C7H8F2O5.2C7H8F2O4/c1-8(2)4-14-6(12)5(8)15-7(13)9(3,10)11;1-7(3-4-13-5(7)11)14-6(12)8(2,9)10;1-4-5(3-6(11)13-4)14-7(12)8(2,9)10;1-8(9,10)7(12)13-4-5-2-3-6(11)14-5;1-8(9,10)7(12)14-5-3-2-4-13-6(5)11;1-7(8,9)6(12)14-3-2-13-5(11)4(3)10;1-7(8,9)6(12)14-4-3(10)2-13-5(4)11;1-7(8,9)6(11)13-4-2-5(10)12-3-4;1-7(8,9)6(11)13-4-2-3-12-5(4)10/h5H,4H2,1-3H3;3-4H2,1-2H3;4-5H,3H2,1-2H3;2*5H,2-4H2,1H3;2*3-4,10H,2H2,1H3;2*4H,2-3H2,1H3. The number of hydrogen-bond acceptors (Lipinski definition) is 38. The molecule has 714 valence electrons. The van der Waals surface area contributed by atoms with Crippen molar-refractivity contribution in [3.63, 3.8) is 0 Å². The highest BCUT2D eigenvalue weighted by Gasteiger charge is 2.53. The highest BCUT2D eigenvalue weighted by atomic mass is 19.3. The number of carbonyl (C=O) groups excluding carboxylic acids is 18. The Morgan fingerprint density at radius 2 is 0.832 bits per heavy atom. The van der Waals surface area contributed by atoms with Crippen molar-refractivity contribution in [2.24, 2.45) is 5.41 Å². The van der Waals surface area contributed by atoms with Gasteiger partial charge in [0.25, 0.3) is 0 Å². The zero-order valence-electron chi connectivity index (χ0n) is 67.6. The molecule has 0 aromatic rings. The van der Waals surface area contributed by atoms with E-state index in [9.17, 15) is 165 Å². The Balaban J connectivity index is 0.000000703. The second kappa shape index (κ2) is 45.8. The van der Waals surface area contributed by atoms with Gasteiger partial charge in [0.15, 0.2) is 18.3 Å². The van der Waals surface area contributed by atoms with Crippen LogP contribution in [0.15, 0.2) is 0 Å². The van der Waals surface area contributed by atoms with Crippen LogP contribution in [0.25, 0.3) is 0 Å². The van der Waals surface area contributed by atoms with Crippen LogP contribution < -0.4 is 0 Å². The SMILES string of the molecule is CC(F)(F)C(=O)OC1(C)CCOC1=O.CC(F)(F)C(=O)OC1C(=O)OCC1(C)C.CC(F)(F)C(=O)OC1C(=O)OCC1O.CC(F)(F)C(=O)OC1CCCOC1=O.CC(F)(F)C(=O)OC1CCOC1=O.CC(F)(F)C(=O)OC1COC(=O)C1.CC(F)(F)C(=O)OC1COC(=O)C1O.CC(F)(F)C(=O)OCC1CCC(=O)O1.CC1OC(=O)CC1OC(=O)C(C)(F)F. The molecule has 2 N–H and O–H groups in total. The topological polar surface area (TPSA) is 514 Å². The molecule has 9 aliphatic heterocycles. The molecule has 9 rings (SSSR count). The molecular weight excluding hydrogens is 1780 g/mol. The number of ether oxygens (including phenoxy) is 18. The summed E-state index contributed by atoms with van der Waals surface area (Å²) in [5.74, 6) is -54.1. The van der Waals surface area contributed by atoms with Crippen LogP contribution >= 0.6 is 0 Å². The van der Waals surface area contributed by atoms with Gasteiger partial charge in [0.05, 0.1) is 32.7 Å². The summed E-state index contributed by atoms with van der Waals surface area (Å²) >= 11 is 0. The molecule has 0 amide bonds. The summed E-state index contributed by atoms with van der Waals surface area (Å²) in [5, 5.41) is 18.0. The fourth-order valence-electron chi connectivity index (χ4n) is 8.46. The van der Waals surface area contributed by atoms with Crippen LogP contribution in [0.2, 0.25) is 0 Å². The van der Waals surface area contributed by atoms with Crippen LogP contribution in [-0.4, -0.2) is 297 Å². The summed E-state index contributed by atoms with van der Waals surface area (Å²) in [4.78, 5) is 193. The van der Waals surface area contributed by atoms with Crippen molar-refractivity contribution < 1.29 is 261 Å². The number of halogens is 18. The number of aliphatic hydroxyl groups is 2. The number of carbonyl (C=O) groups is 18. The molecule has 0 saturated carbocycles. The quantitative estimate of drug-likeness (QED) is 0.101. The molecule has 9 fully saturated rings. The third kappa shape index (κ3) is 39.9. The summed E-state index contributed by atoms with van der Waals surface area (Å²) < 4.78 is 301. The lowest BCUT2D eigenvalue weighted by molar-refractivity contribution is -0.188. The van der Waals surface area contributed by atoms with E-state index in [1.807, 2.05) is 0 Å². The molecular formula is C69H84F18O38. The van der Waals surface area contributed by atoms with E-state index in [2.05, 4.69) is 85.3 Å². The Morgan fingerprint density at radius 1 is 0.400 bits per heavy atom. The van der Waals surface area contributed by atoms with Gasteiger partial charge in [-0.2, -0.15) is 79.0 Å². The number of esters is 18. The molecule has 12 atom stereocenters. The molecule has 0 radical (unpaired) electrons. The molecule has 0 aromatic heterocycles. The van der Waals surface area contributed by atoms with Gasteiger partial charge in [-0.1, -0.05) is 13.8 Å². The van der Waals surface area contributed by atoms with Crippen molar-refractivity contribution in [2.45, 2.75) is 267 Å². The van der Waals surface area contributed by atoms with Crippen LogP contribution in [0.5, 0.6) is 0 Å². The van der Waals surface area contributed by atoms with E-state index >= 15 is 0 Å². The van der Waals surface area contributed by atoms with Gasteiger partial charge in [-0.05, 0) is 33.1 Å². The maximum absolute atomic E-state index is 12.5. The van der Waals surface area contributed by atoms with Crippen molar-refractivity contribution in [3.05, 3.63) is 0 Å². The smallest absolute Gasteiger partial charge is 0.377 e. The third-order valence-corrected chi connectivity index (χ3v) is 15.4. The monoisotopic (exact) mass is 1860 g/mol.